The van der Waals surface area contributed by atoms with E-state index in [1.165, 1.54) is 0 Å². The lowest BCUT2D eigenvalue weighted by Crippen LogP contribution is -2.00. The van der Waals surface area contributed by atoms with Gasteiger partial charge in [0.2, 0.25) is 0 Å². The molecule has 0 amide bonds. The predicted octanol–water partition coefficient (Wildman–Crippen LogP) is 2.07. The number of nitrogens with two attached hydrogens (primary N) is 4. The van der Waals surface area contributed by atoms with E-state index in [4.69, 9.17) is 22.9 Å². The molecule has 0 saturated heterocycles. The Balaban J connectivity index is 0.000000200. The van der Waals surface area contributed by atoms with Crippen molar-refractivity contribution in [3.05, 3.63) is 58.7 Å². The largest absolute Gasteiger partial charge is 0.399 e. The zero-order valence-electron chi connectivity index (χ0n) is 12.2. The molecule has 0 aliphatic heterocycles. The van der Waals surface area contributed by atoms with Gasteiger partial charge in [-0.2, -0.15) is 0 Å². The molecule has 0 radical (unpaired) electrons. The van der Waals surface area contributed by atoms with Gasteiger partial charge in [0.1, 0.15) is 0 Å². The first-order valence-electron chi connectivity index (χ1n) is 6.58. The number of hydrogen-bond acceptors (Lipinski definition) is 4. The highest BCUT2D eigenvalue weighted by Crippen LogP contribution is 2.18. The van der Waals surface area contributed by atoms with Crippen molar-refractivity contribution < 1.29 is 0 Å². The standard InChI is InChI=1S/2C8H12N2/c1-5-3-8(10)6(2)4-7(5)9;9-5-7-2-1-3-8(4-7)6-10/h3-4H,9-10H2,1-2H3;1-4H,5-6,9-10H2. The van der Waals surface area contributed by atoms with Crippen LogP contribution in [-0.2, 0) is 13.1 Å². The van der Waals surface area contributed by atoms with E-state index in [1.54, 1.807) is 0 Å². The molecular weight excluding hydrogens is 248 g/mol. The van der Waals surface area contributed by atoms with Crippen LogP contribution in [0.4, 0.5) is 11.4 Å². The average molecular weight is 272 g/mol. The number of nitrogen functional groups attached to an aromatic ring is 2. The first-order chi connectivity index (χ1) is 9.47. The van der Waals surface area contributed by atoms with Crippen molar-refractivity contribution in [1.82, 2.24) is 0 Å². The molecule has 0 spiro atoms. The molecule has 0 fully saturated rings. The molecule has 2 rings (SSSR count). The van der Waals surface area contributed by atoms with E-state index >= 15 is 0 Å². The second-order valence-electron chi connectivity index (χ2n) is 4.79. The van der Waals surface area contributed by atoms with E-state index in [2.05, 4.69) is 0 Å². The Hall–Kier alpha value is -2.04. The van der Waals surface area contributed by atoms with Gasteiger partial charge in [-0.05, 0) is 48.2 Å². The van der Waals surface area contributed by atoms with Crippen LogP contribution < -0.4 is 22.9 Å². The molecular formula is C16H24N4. The third-order valence-corrected chi connectivity index (χ3v) is 3.12. The fourth-order valence-electron chi connectivity index (χ4n) is 1.74. The van der Waals surface area contributed by atoms with Gasteiger partial charge >= 0.3 is 0 Å². The normalized spacial score (nSPS) is 9.80. The predicted molar refractivity (Wildman–Crippen MR) is 87.0 cm³/mol. The maximum Gasteiger partial charge on any atom is 0.0347 e. The molecule has 0 aromatic heterocycles. The van der Waals surface area contributed by atoms with Crippen molar-refractivity contribution in [2.24, 2.45) is 11.5 Å². The minimum absolute atomic E-state index is 0.591. The summed E-state index contributed by atoms with van der Waals surface area (Å²) in [6, 6.07) is 11.8. The third kappa shape index (κ3) is 4.57. The van der Waals surface area contributed by atoms with E-state index in [-0.39, 0.29) is 0 Å². The zero-order chi connectivity index (χ0) is 15.1. The lowest BCUT2D eigenvalue weighted by Gasteiger charge is -2.03. The fourth-order valence-corrected chi connectivity index (χ4v) is 1.74. The Bertz CT molecular complexity index is 495. The summed E-state index contributed by atoms with van der Waals surface area (Å²) in [6.07, 6.45) is 0. The van der Waals surface area contributed by atoms with Crippen molar-refractivity contribution in [1.29, 1.82) is 0 Å². The number of hydrogen-bond donors (Lipinski definition) is 4. The fraction of sp³-hybridized carbons (Fsp3) is 0.250. The molecule has 0 atom stereocenters. The number of rotatable bonds is 2. The van der Waals surface area contributed by atoms with E-state index in [0.29, 0.717) is 13.1 Å². The molecule has 0 unspecified atom stereocenters. The summed E-state index contributed by atoms with van der Waals surface area (Å²) in [5.74, 6) is 0. The smallest absolute Gasteiger partial charge is 0.0347 e. The monoisotopic (exact) mass is 272 g/mol. The van der Waals surface area contributed by atoms with Gasteiger partial charge in [-0.25, -0.2) is 0 Å². The van der Waals surface area contributed by atoms with Gasteiger partial charge in [-0.1, -0.05) is 24.3 Å². The highest BCUT2D eigenvalue weighted by Gasteiger charge is 1.96. The molecule has 0 bridgehead atoms. The SMILES string of the molecule is Cc1cc(N)c(C)cc1N.NCc1cccc(CN)c1. The zero-order valence-corrected chi connectivity index (χ0v) is 12.2. The lowest BCUT2D eigenvalue weighted by molar-refractivity contribution is 1.03. The number of aryl methyl sites for hydroxylation is 2. The summed E-state index contributed by atoms with van der Waals surface area (Å²) < 4.78 is 0. The van der Waals surface area contributed by atoms with Crippen LogP contribution in [-0.4, -0.2) is 0 Å². The topological polar surface area (TPSA) is 104 Å². The van der Waals surface area contributed by atoms with Gasteiger partial charge in [-0.15, -0.1) is 0 Å². The Labute approximate surface area is 120 Å². The van der Waals surface area contributed by atoms with Crippen molar-refractivity contribution in [2.75, 3.05) is 11.5 Å². The molecule has 0 aliphatic carbocycles. The summed E-state index contributed by atoms with van der Waals surface area (Å²) in [5.41, 5.74) is 28.1. The van der Waals surface area contributed by atoms with Crippen molar-refractivity contribution in [3.63, 3.8) is 0 Å². The van der Waals surface area contributed by atoms with E-state index in [0.717, 1.165) is 33.6 Å². The van der Waals surface area contributed by atoms with Gasteiger partial charge in [0.05, 0.1) is 0 Å². The minimum atomic E-state index is 0.591. The number of anilines is 2. The van der Waals surface area contributed by atoms with Crippen LogP contribution >= 0.6 is 0 Å². The molecule has 2 aromatic rings. The van der Waals surface area contributed by atoms with Crippen LogP contribution in [0.25, 0.3) is 0 Å². The second kappa shape index (κ2) is 7.53. The third-order valence-electron chi connectivity index (χ3n) is 3.12. The molecule has 0 saturated carbocycles. The van der Waals surface area contributed by atoms with Gasteiger partial charge < -0.3 is 22.9 Å². The highest BCUT2D eigenvalue weighted by atomic mass is 14.6. The van der Waals surface area contributed by atoms with E-state index < -0.39 is 0 Å². The van der Waals surface area contributed by atoms with Crippen LogP contribution in [0.2, 0.25) is 0 Å². The Morgan fingerprint density at radius 1 is 0.750 bits per heavy atom. The maximum absolute atomic E-state index is 5.63. The summed E-state index contributed by atoms with van der Waals surface area (Å²) in [6.45, 7) is 5.08. The van der Waals surface area contributed by atoms with Gasteiger partial charge in [0, 0.05) is 24.5 Å². The molecule has 0 heterocycles. The molecule has 8 N–H and O–H groups in total. The summed E-state index contributed by atoms with van der Waals surface area (Å²) in [5, 5.41) is 0. The van der Waals surface area contributed by atoms with Crippen molar-refractivity contribution in [3.8, 4) is 0 Å². The first kappa shape index (κ1) is 16.0. The Morgan fingerprint density at radius 2 is 1.15 bits per heavy atom. The average Bonchev–Trinajstić information content (AvgIpc) is 2.46. The van der Waals surface area contributed by atoms with Crippen molar-refractivity contribution >= 4 is 11.4 Å². The van der Waals surface area contributed by atoms with Crippen LogP contribution in [0.1, 0.15) is 22.3 Å². The molecule has 4 heteroatoms. The quantitative estimate of drug-likeness (QED) is 0.628. The van der Waals surface area contributed by atoms with E-state index in [1.807, 2.05) is 50.2 Å². The second-order valence-corrected chi connectivity index (χ2v) is 4.79. The van der Waals surface area contributed by atoms with Crippen LogP contribution in [0.5, 0.6) is 0 Å². The Morgan fingerprint density at radius 3 is 1.50 bits per heavy atom. The van der Waals surface area contributed by atoms with Gasteiger partial charge in [-0.3, -0.25) is 0 Å². The van der Waals surface area contributed by atoms with Crippen LogP contribution in [0, 0.1) is 13.8 Å². The van der Waals surface area contributed by atoms with Gasteiger partial charge in [0.25, 0.3) is 0 Å². The summed E-state index contributed by atoms with van der Waals surface area (Å²) >= 11 is 0. The Kier molecular flexibility index (Phi) is 6.03. The summed E-state index contributed by atoms with van der Waals surface area (Å²) in [4.78, 5) is 0. The van der Waals surface area contributed by atoms with Crippen LogP contribution in [0.3, 0.4) is 0 Å². The minimum Gasteiger partial charge on any atom is -0.399 e. The first-order valence-corrected chi connectivity index (χ1v) is 6.58. The number of benzene rings is 2. The van der Waals surface area contributed by atoms with Gasteiger partial charge in [0.15, 0.2) is 0 Å². The van der Waals surface area contributed by atoms with Crippen LogP contribution in [0.15, 0.2) is 36.4 Å². The molecule has 108 valence electrons. The molecule has 4 nitrogen and oxygen atoms in total. The summed E-state index contributed by atoms with van der Waals surface area (Å²) in [7, 11) is 0. The molecule has 0 aliphatic rings. The maximum atomic E-state index is 5.63. The lowest BCUT2D eigenvalue weighted by atomic mass is 10.1. The molecule has 2 aromatic carbocycles. The highest BCUT2D eigenvalue weighted by molar-refractivity contribution is 5.59. The van der Waals surface area contributed by atoms with Crippen molar-refractivity contribution in [2.45, 2.75) is 26.9 Å². The van der Waals surface area contributed by atoms with E-state index in [9.17, 15) is 0 Å². The molecule has 20 heavy (non-hydrogen) atoms.